The largest absolute Gasteiger partial charge is 0.444 e. The van der Waals surface area contributed by atoms with Gasteiger partial charge in [-0.05, 0) is 83.2 Å². The number of benzene rings is 2. The molecule has 1 fully saturated rings. The van der Waals surface area contributed by atoms with Crippen molar-refractivity contribution in [2.24, 2.45) is 0 Å². The lowest BCUT2D eigenvalue weighted by molar-refractivity contribution is -0.135. The van der Waals surface area contributed by atoms with E-state index in [1.807, 2.05) is 46.6 Å². The van der Waals surface area contributed by atoms with Crippen LogP contribution in [-0.2, 0) is 9.53 Å². The number of ether oxygens (including phenoxy) is 1. The second-order valence-corrected chi connectivity index (χ2v) is 11.2. The number of rotatable bonds is 5. The lowest BCUT2D eigenvalue weighted by Crippen LogP contribution is -2.53. The molecule has 2 aromatic carbocycles. The van der Waals surface area contributed by atoms with Crippen molar-refractivity contribution in [3.63, 3.8) is 0 Å². The lowest BCUT2D eigenvalue weighted by atomic mass is 9.82. The maximum atomic E-state index is 13.9. The second-order valence-electron chi connectivity index (χ2n) is 11.2. The van der Waals surface area contributed by atoms with Crippen LogP contribution in [-0.4, -0.2) is 53.6 Å². The zero-order valence-electron chi connectivity index (χ0n) is 23.0. The predicted octanol–water partition coefficient (Wildman–Crippen LogP) is 6.50. The van der Waals surface area contributed by atoms with Gasteiger partial charge in [0.25, 0.3) is 0 Å². The molecule has 3 rings (SSSR count). The maximum Gasteiger partial charge on any atom is 0.410 e. The summed E-state index contributed by atoms with van der Waals surface area (Å²) in [4.78, 5) is 30.4. The summed E-state index contributed by atoms with van der Waals surface area (Å²) in [5, 5.41) is 0. The van der Waals surface area contributed by atoms with Crippen LogP contribution in [0.25, 0.3) is 0 Å². The second kappa shape index (κ2) is 11.0. The van der Waals surface area contributed by atoms with Gasteiger partial charge in [-0.15, -0.1) is 0 Å². The van der Waals surface area contributed by atoms with Crippen molar-refractivity contribution in [1.82, 2.24) is 9.80 Å². The van der Waals surface area contributed by atoms with E-state index in [4.69, 9.17) is 4.74 Å². The normalized spacial score (nSPS) is 19.1. The molecule has 0 saturated carbocycles. The molecule has 5 nitrogen and oxygen atoms in total. The van der Waals surface area contributed by atoms with Gasteiger partial charge in [-0.25, -0.2) is 9.18 Å². The number of likely N-dealkylation sites (N-methyl/N-ethyl adjacent to an activating group) is 1. The summed E-state index contributed by atoms with van der Waals surface area (Å²) in [6.07, 6.45) is 0.955. The van der Waals surface area contributed by atoms with Crippen molar-refractivity contribution < 1.29 is 18.7 Å². The number of hydrogen-bond donors (Lipinski definition) is 0. The molecule has 0 N–H and O–H groups in total. The van der Waals surface area contributed by atoms with Gasteiger partial charge < -0.3 is 14.5 Å². The summed E-state index contributed by atoms with van der Waals surface area (Å²) in [6, 6.07) is 11.0. The van der Waals surface area contributed by atoms with Crippen molar-refractivity contribution in [1.29, 1.82) is 0 Å². The minimum Gasteiger partial charge on any atom is -0.444 e. The molecule has 1 aliphatic heterocycles. The fraction of sp³-hybridized carbons (Fsp3) is 0.533. The monoisotopic (exact) mass is 496 g/mol. The van der Waals surface area contributed by atoms with Crippen LogP contribution in [0, 0.1) is 26.6 Å². The molecule has 2 aromatic rings. The number of nitrogens with zero attached hydrogens (tertiary/aromatic N) is 2. The van der Waals surface area contributed by atoms with Crippen molar-refractivity contribution >= 4 is 12.0 Å². The molecule has 3 atom stereocenters. The number of carbonyl (C=O) groups is 2. The van der Waals surface area contributed by atoms with Gasteiger partial charge >= 0.3 is 6.09 Å². The molecule has 0 aromatic heterocycles. The number of amides is 2. The third-order valence-electron chi connectivity index (χ3n) is 7.06. The average molecular weight is 497 g/mol. The lowest BCUT2D eigenvalue weighted by Gasteiger charge is -2.44. The van der Waals surface area contributed by atoms with E-state index >= 15 is 0 Å². The Morgan fingerprint density at radius 3 is 2.31 bits per heavy atom. The van der Waals surface area contributed by atoms with Crippen molar-refractivity contribution in [3.8, 4) is 0 Å². The van der Waals surface area contributed by atoms with Crippen molar-refractivity contribution in [2.75, 3.05) is 20.1 Å². The Kier molecular flexibility index (Phi) is 8.48. The Morgan fingerprint density at radius 2 is 1.75 bits per heavy atom. The summed E-state index contributed by atoms with van der Waals surface area (Å²) in [5.41, 5.74) is 4.50. The fourth-order valence-electron chi connectivity index (χ4n) is 5.43. The van der Waals surface area contributed by atoms with Gasteiger partial charge in [-0.2, -0.15) is 0 Å². The molecule has 0 unspecified atom stereocenters. The highest BCUT2D eigenvalue weighted by Gasteiger charge is 2.39. The highest BCUT2D eigenvalue weighted by Crippen LogP contribution is 2.35. The first-order chi connectivity index (χ1) is 16.8. The molecule has 1 saturated heterocycles. The highest BCUT2D eigenvalue weighted by atomic mass is 19.1. The fourth-order valence-corrected chi connectivity index (χ4v) is 5.43. The van der Waals surface area contributed by atoms with Crippen LogP contribution >= 0.6 is 0 Å². The van der Waals surface area contributed by atoms with E-state index in [9.17, 15) is 14.0 Å². The van der Waals surface area contributed by atoms with Gasteiger partial charge in [0.1, 0.15) is 11.4 Å². The number of carbonyl (C=O) groups excluding carboxylic acids is 2. The van der Waals surface area contributed by atoms with Gasteiger partial charge in [0.15, 0.2) is 0 Å². The molecule has 2 amide bonds. The van der Waals surface area contributed by atoms with E-state index < -0.39 is 5.60 Å². The smallest absolute Gasteiger partial charge is 0.410 e. The Morgan fingerprint density at radius 1 is 1.11 bits per heavy atom. The molecule has 0 aliphatic carbocycles. The van der Waals surface area contributed by atoms with Crippen LogP contribution in [0.2, 0.25) is 0 Å². The molecule has 36 heavy (non-hydrogen) atoms. The van der Waals surface area contributed by atoms with Gasteiger partial charge in [-0.1, -0.05) is 42.3 Å². The molecule has 0 radical (unpaired) electrons. The van der Waals surface area contributed by atoms with E-state index in [1.54, 1.807) is 11.0 Å². The first kappa shape index (κ1) is 27.7. The number of piperidine rings is 1. The highest BCUT2D eigenvalue weighted by molar-refractivity contribution is 5.84. The van der Waals surface area contributed by atoms with E-state index in [1.165, 1.54) is 12.1 Å². The van der Waals surface area contributed by atoms with Gasteiger partial charge in [0.2, 0.25) is 5.91 Å². The SMILES string of the molecule is CC[C@H](C(=O)N(C)[C@H]1CCN(C(=O)OC(C)(C)C)C[C@@H]1c1ccc(F)cc1C)c1cc(C)cc(C)c1. The minimum atomic E-state index is -0.595. The Balaban J connectivity index is 1.93. The van der Waals surface area contributed by atoms with E-state index in [0.717, 1.165) is 27.8 Å². The standard InChI is InChI=1S/C30H41FN2O3/c1-9-24(22-15-19(2)14-20(3)16-22)28(34)32(8)27-12-13-33(29(35)36-30(5,6)7)18-26(27)25-11-10-23(31)17-21(25)4/h10-11,14-17,24,26-27H,9,12-13,18H2,1-8H3/t24-,26+,27-/m0/s1. The third kappa shape index (κ3) is 6.45. The Hall–Kier alpha value is -2.89. The number of aryl methyl sites for hydroxylation is 3. The molecule has 6 heteroatoms. The number of halogens is 1. The summed E-state index contributed by atoms with van der Waals surface area (Å²) in [5.74, 6) is -0.620. The Bertz CT molecular complexity index is 1090. The molecule has 1 heterocycles. The van der Waals surface area contributed by atoms with E-state index in [-0.39, 0.29) is 35.7 Å². The molecular formula is C30H41FN2O3. The van der Waals surface area contributed by atoms with Crippen molar-refractivity contribution in [3.05, 3.63) is 70.0 Å². The van der Waals surface area contributed by atoms with Gasteiger partial charge in [0, 0.05) is 32.1 Å². The summed E-state index contributed by atoms with van der Waals surface area (Å²) < 4.78 is 19.6. The van der Waals surface area contributed by atoms with Crippen LogP contribution in [0.3, 0.4) is 0 Å². The summed E-state index contributed by atoms with van der Waals surface area (Å²) in [6.45, 7) is 14.5. The summed E-state index contributed by atoms with van der Waals surface area (Å²) >= 11 is 0. The number of hydrogen-bond acceptors (Lipinski definition) is 3. The maximum absolute atomic E-state index is 13.9. The van der Waals surface area contributed by atoms with Crippen LogP contribution in [0.5, 0.6) is 0 Å². The average Bonchev–Trinajstić information content (AvgIpc) is 2.77. The van der Waals surface area contributed by atoms with Gasteiger partial charge in [-0.3, -0.25) is 4.79 Å². The van der Waals surface area contributed by atoms with Crippen LogP contribution < -0.4 is 0 Å². The topological polar surface area (TPSA) is 49.9 Å². The molecule has 0 spiro atoms. The van der Waals surface area contributed by atoms with E-state index in [2.05, 4.69) is 32.0 Å². The van der Waals surface area contributed by atoms with Gasteiger partial charge in [0.05, 0.1) is 5.92 Å². The Labute approximate surface area is 215 Å². The van der Waals surface area contributed by atoms with Crippen LogP contribution in [0.1, 0.15) is 80.2 Å². The molecular weight excluding hydrogens is 455 g/mol. The summed E-state index contributed by atoms with van der Waals surface area (Å²) in [7, 11) is 1.87. The quantitative estimate of drug-likeness (QED) is 0.475. The first-order valence-electron chi connectivity index (χ1n) is 12.9. The first-order valence-corrected chi connectivity index (χ1v) is 12.9. The van der Waals surface area contributed by atoms with E-state index in [0.29, 0.717) is 25.9 Å². The minimum absolute atomic E-state index is 0.0722. The number of likely N-dealkylation sites (tertiary alicyclic amines) is 1. The zero-order valence-corrected chi connectivity index (χ0v) is 23.0. The van der Waals surface area contributed by atoms with Crippen LogP contribution in [0.15, 0.2) is 36.4 Å². The molecule has 196 valence electrons. The zero-order chi connectivity index (χ0) is 26.8. The molecule has 0 bridgehead atoms. The van der Waals surface area contributed by atoms with Crippen LogP contribution in [0.4, 0.5) is 9.18 Å². The van der Waals surface area contributed by atoms with Crippen molar-refractivity contribution in [2.45, 2.75) is 84.8 Å². The molecule has 1 aliphatic rings. The third-order valence-corrected chi connectivity index (χ3v) is 7.06. The predicted molar refractivity (Wildman–Crippen MR) is 142 cm³/mol.